The van der Waals surface area contributed by atoms with E-state index in [1.165, 1.54) is 6.08 Å². The second-order valence-corrected chi connectivity index (χ2v) is 7.53. The van der Waals surface area contributed by atoms with Crippen LogP contribution in [-0.4, -0.2) is 22.8 Å². The highest BCUT2D eigenvalue weighted by Crippen LogP contribution is 2.23. The fourth-order valence-corrected chi connectivity index (χ4v) is 2.86. The molecule has 0 aliphatic heterocycles. The zero-order chi connectivity index (χ0) is 22.8. The van der Waals surface area contributed by atoms with Crippen molar-refractivity contribution in [2.45, 2.75) is 19.8 Å². The Morgan fingerprint density at radius 2 is 1.61 bits per heavy atom. The van der Waals surface area contributed by atoms with Crippen molar-refractivity contribution in [2.75, 3.05) is 5.32 Å². The van der Waals surface area contributed by atoms with Crippen LogP contribution in [0.25, 0.3) is 6.08 Å². The van der Waals surface area contributed by atoms with E-state index in [0.717, 1.165) is 5.56 Å². The van der Waals surface area contributed by atoms with Crippen molar-refractivity contribution < 1.29 is 14.4 Å². The van der Waals surface area contributed by atoms with Crippen molar-refractivity contribution in [2.24, 2.45) is 0 Å². The predicted molar refractivity (Wildman–Crippen MR) is 127 cm³/mol. The summed E-state index contributed by atoms with van der Waals surface area (Å²) in [6, 6.07) is 12.2. The van der Waals surface area contributed by atoms with Crippen molar-refractivity contribution in [3.63, 3.8) is 0 Å². The molecule has 31 heavy (non-hydrogen) atoms. The fraction of sp³-hybridized carbons (Fsp3) is 0.143. The van der Waals surface area contributed by atoms with E-state index in [9.17, 15) is 14.4 Å². The lowest BCUT2D eigenvalue weighted by atomic mass is 10.2. The Kier molecular flexibility index (Phi) is 9.45. The van der Waals surface area contributed by atoms with E-state index in [2.05, 4.69) is 21.5 Å². The van der Waals surface area contributed by atoms with E-state index >= 15 is 0 Å². The molecule has 2 aromatic rings. The molecule has 0 fully saturated rings. The number of benzene rings is 2. The minimum Gasteiger partial charge on any atom is -0.326 e. The van der Waals surface area contributed by atoms with E-state index in [1.807, 2.05) is 0 Å². The Morgan fingerprint density at radius 1 is 0.935 bits per heavy atom. The molecule has 0 unspecified atom stereocenters. The van der Waals surface area contributed by atoms with Crippen LogP contribution in [0.2, 0.25) is 10.0 Å². The number of hydrogen-bond acceptors (Lipinski definition) is 4. The van der Waals surface area contributed by atoms with Crippen LogP contribution in [0.4, 0.5) is 5.69 Å². The number of anilines is 1. The minimum absolute atomic E-state index is 0.0425. The van der Waals surface area contributed by atoms with Crippen molar-refractivity contribution in [1.29, 1.82) is 0 Å². The lowest BCUT2D eigenvalue weighted by Gasteiger charge is -2.11. The quantitative estimate of drug-likeness (QED) is 0.287. The summed E-state index contributed by atoms with van der Waals surface area (Å²) in [5.74, 6) is -1.30. The number of hydrogen-bond donors (Lipinski definition) is 4. The van der Waals surface area contributed by atoms with E-state index < -0.39 is 11.8 Å². The molecule has 3 amide bonds. The number of nitrogens with one attached hydrogen (secondary N) is 4. The third-order valence-electron chi connectivity index (χ3n) is 3.99. The molecule has 162 valence electrons. The first-order valence-corrected chi connectivity index (χ1v) is 10.3. The van der Waals surface area contributed by atoms with Crippen molar-refractivity contribution in [3.8, 4) is 0 Å². The largest absolute Gasteiger partial charge is 0.326 e. The smallest absolute Gasteiger partial charge is 0.250 e. The van der Waals surface area contributed by atoms with Gasteiger partial charge in [0, 0.05) is 34.7 Å². The first-order chi connectivity index (χ1) is 14.8. The first-order valence-electron chi connectivity index (χ1n) is 9.13. The second kappa shape index (κ2) is 12.0. The van der Waals surface area contributed by atoms with Gasteiger partial charge < -0.3 is 5.32 Å². The topological polar surface area (TPSA) is 99.3 Å². The highest BCUT2D eigenvalue weighted by atomic mass is 35.5. The van der Waals surface area contributed by atoms with Gasteiger partial charge in [0.15, 0.2) is 5.11 Å². The Labute approximate surface area is 195 Å². The molecule has 4 N–H and O–H groups in total. The average molecular weight is 479 g/mol. The molecular formula is C21H20Cl2N4O3S. The Balaban J connectivity index is 1.70. The number of hydrazine groups is 1. The Hall–Kier alpha value is -2.94. The van der Waals surface area contributed by atoms with Gasteiger partial charge in [-0.15, -0.1) is 0 Å². The highest BCUT2D eigenvalue weighted by molar-refractivity contribution is 7.80. The zero-order valence-corrected chi connectivity index (χ0v) is 18.8. The van der Waals surface area contributed by atoms with E-state index in [4.69, 9.17) is 35.4 Å². The van der Waals surface area contributed by atoms with Crippen molar-refractivity contribution in [1.82, 2.24) is 16.2 Å². The van der Waals surface area contributed by atoms with E-state index in [0.29, 0.717) is 21.3 Å². The van der Waals surface area contributed by atoms with Gasteiger partial charge in [-0.2, -0.15) is 0 Å². The van der Waals surface area contributed by atoms with Gasteiger partial charge >= 0.3 is 0 Å². The summed E-state index contributed by atoms with van der Waals surface area (Å²) >= 11 is 17.0. The molecule has 0 spiro atoms. The molecule has 2 aromatic carbocycles. The number of thiocarbonyl (C=S) groups is 1. The summed E-state index contributed by atoms with van der Waals surface area (Å²) in [4.78, 5) is 35.8. The third-order valence-corrected chi connectivity index (χ3v) is 4.95. The van der Waals surface area contributed by atoms with Gasteiger partial charge in [0.2, 0.25) is 17.7 Å². The minimum atomic E-state index is -0.497. The molecule has 0 heterocycles. The Morgan fingerprint density at radius 3 is 2.35 bits per heavy atom. The van der Waals surface area contributed by atoms with Gasteiger partial charge in [-0.05, 0) is 54.5 Å². The van der Waals surface area contributed by atoms with Crippen LogP contribution in [0.15, 0.2) is 48.5 Å². The summed E-state index contributed by atoms with van der Waals surface area (Å²) in [5.41, 5.74) is 6.73. The lowest BCUT2D eigenvalue weighted by Crippen LogP contribution is -2.48. The molecule has 0 saturated heterocycles. The molecule has 0 bridgehead atoms. The summed E-state index contributed by atoms with van der Waals surface area (Å²) in [6.07, 6.45) is 2.68. The van der Waals surface area contributed by atoms with E-state index in [-0.39, 0.29) is 23.9 Å². The average Bonchev–Trinajstić information content (AvgIpc) is 2.73. The summed E-state index contributed by atoms with van der Waals surface area (Å²) < 4.78 is 0. The standard InChI is InChI=1S/C21H20Cl2N4O3S/c1-13-15(22)7-4-8-17(13)24-18(28)11-12-20(30)26-27-21(31)25-19(29)10-9-14-5-2-3-6-16(14)23/h2-10H,11-12H2,1H3,(H,24,28)(H,26,30)(H2,25,27,29,31)/b10-9+. The molecule has 0 radical (unpaired) electrons. The SMILES string of the molecule is Cc1c(Cl)cccc1NC(=O)CCC(=O)NNC(=S)NC(=O)/C=C/c1ccccc1Cl. The monoisotopic (exact) mass is 478 g/mol. The molecule has 2 rings (SSSR count). The van der Waals surface area contributed by atoms with Gasteiger partial charge in [-0.25, -0.2) is 0 Å². The van der Waals surface area contributed by atoms with Crippen LogP contribution in [0.3, 0.4) is 0 Å². The maximum absolute atomic E-state index is 12.0. The van der Waals surface area contributed by atoms with Crippen LogP contribution in [0.5, 0.6) is 0 Å². The lowest BCUT2D eigenvalue weighted by molar-refractivity contribution is -0.124. The molecule has 0 saturated carbocycles. The van der Waals surface area contributed by atoms with Crippen molar-refractivity contribution in [3.05, 3.63) is 69.7 Å². The molecular weight excluding hydrogens is 459 g/mol. The summed E-state index contributed by atoms with van der Waals surface area (Å²) in [6.45, 7) is 1.79. The van der Waals surface area contributed by atoms with Crippen molar-refractivity contribution >= 4 is 70.0 Å². The molecule has 0 aliphatic rings. The fourth-order valence-electron chi connectivity index (χ4n) is 2.33. The van der Waals surface area contributed by atoms with Gasteiger partial charge in [-0.1, -0.05) is 47.5 Å². The van der Waals surface area contributed by atoms with Gasteiger partial charge in [-0.3, -0.25) is 30.6 Å². The van der Waals surface area contributed by atoms with Gasteiger partial charge in [0.25, 0.3) is 0 Å². The van der Waals surface area contributed by atoms with Crippen LogP contribution >= 0.6 is 35.4 Å². The zero-order valence-electron chi connectivity index (χ0n) is 16.5. The first kappa shape index (κ1) is 24.3. The number of rotatable bonds is 6. The van der Waals surface area contributed by atoms with Crippen LogP contribution < -0.4 is 21.5 Å². The number of carbonyl (C=O) groups is 3. The molecule has 0 aromatic heterocycles. The number of carbonyl (C=O) groups excluding carboxylic acids is 3. The maximum Gasteiger partial charge on any atom is 0.250 e. The second-order valence-electron chi connectivity index (χ2n) is 6.31. The van der Waals surface area contributed by atoms with Gasteiger partial charge in [0.05, 0.1) is 0 Å². The molecule has 7 nitrogen and oxygen atoms in total. The Bertz CT molecular complexity index is 1030. The van der Waals surface area contributed by atoms with Crippen LogP contribution in [0.1, 0.15) is 24.0 Å². The number of halogens is 2. The normalized spacial score (nSPS) is 10.4. The maximum atomic E-state index is 12.0. The van der Waals surface area contributed by atoms with Crippen LogP contribution in [0, 0.1) is 6.92 Å². The van der Waals surface area contributed by atoms with Gasteiger partial charge in [0.1, 0.15) is 0 Å². The molecule has 0 aliphatic carbocycles. The summed E-state index contributed by atoms with van der Waals surface area (Å²) in [5, 5.41) is 6.04. The molecule has 10 heteroatoms. The molecule has 0 atom stereocenters. The third kappa shape index (κ3) is 8.37. The van der Waals surface area contributed by atoms with Crippen LogP contribution in [-0.2, 0) is 14.4 Å². The predicted octanol–water partition coefficient (Wildman–Crippen LogP) is 3.76. The number of amides is 3. The summed E-state index contributed by atoms with van der Waals surface area (Å²) in [7, 11) is 0. The highest BCUT2D eigenvalue weighted by Gasteiger charge is 2.10. The van der Waals surface area contributed by atoms with E-state index in [1.54, 1.807) is 55.5 Å².